The van der Waals surface area contributed by atoms with E-state index in [0.717, 1.165) is 22.2 Å². The predicted octanol–water partition coefficient (Wildman–Crippen LogP) is 3.06. The van der Waals surface area contributed by atoms with Gasteiger partial charge in [-0.3, -0.25) is 5.10 Å². The molecule has 3 aromatic rings. The van der Waals surface area contributed by atoms with Gasteiger partial charge in [0.2, 0.25) is 5.28 Å². The zero-order valence-electron chi connectivity index (χ0n) is 9.61. The van der Waals surface area contributed by atoms with Gasteiger partial charge in [-0.05, 0) is 30.7 Å². The lowest BCUT2D eigenvalue weighted by molar-refractivity contribution is 1.09. The minimum atomic E-state index is 0.220. The number of hydrogen-bond acceptors (Lipinski definition) is 4. The summed E-state index contributed by atoms with van der Waals surface area (Å²) < 4.78 is 0. The van der Waals surface area contributed by atoms with E-state index < -0.39 is 0 Å². The number of nitrogens with zero attached hydrogens (tertiary/aromatic N) is 3. The van der Waals surface area contributed by atoms with Gasteiger partial charge in [0.15, 0.2) is 0 Å². The highest BCUT2D eigenvalue weighted by molar-refractivity contribution is 6.28. The molecule has 2 aromatic heterocycles. The Labute approximate surface area is 108 Å². The second-order valence-corrected chi connectivity index (χ2v) is 4.31. The molecule has 6 heteroatoms. The van der Waals surface area contributed by atoms with Crippen LogP contribution in [0.4, 0.5) is 11.5 Å². The molecule has 0 aliphatic heterocycles. The van der Waals surface area contributed by atoms with Gasteiger partial charge in [-0.2, -0.15) is 10.1 Å². The number of halogens is 1. The first-order chi connectivity index (χ1) is 8.72. The summed E-state index contributed by atoms with van der Waals surface area (Å²) in [6.07, 6.45) is 3.43. The van der Waals surface area contributed by atoms with Crippen molar-refractivity contribution in [2.45, 2.75) is 6.92 Å². The predicted molar refractivity (Wildman–Crippen MR) is 71.2 cm³/mol. The second-order valence-electron chi connectivity index (χ2n) is 3.97. The maximum absolute atomic E-state index is 5.92. The lowest BCUT2D eigenvalue weighted by Crippen LogP contribution is -1.96. The fraction of sp³-hybridized carbons (Fsp3) is 0.0833. The van der Waals surface area contributed by atoms with Crippen molar-refractivity contribution in [3.05, 3.63) is 41.4 Å². The molecule has 0 bridgehead atoms. The molecule has 0 spiro atoms. The van der Waals surface area contributed by atoms with E-state index in [1.807, 2.05) is 25.1 Å². The number of aromatic amines is 1. The number of aryl methyl sites for hydroxylation is 1. The van der Waals surface area contributed by atoms with Crippen LogP contribution in [0.5, 0.6) is 0 Å². The van der Waals surface area contributed by atoms with Crippen molar-refractivity contribution >= 4 is 34.0 Å². The van der Waals surface area contributed by atoms with Crippen LogP contribution in [-0.4, -0.2) is 20.2 Å². The van der Waals surface area contributed by atoms with Gasteiger partial charge in [-0.1, -0.05) is 11.6 Å². The van der Waals surface area contributed by atoms with Crippen molar-refractivity contribution in [2.75, 3.05) is 5.32 Å². The van der Waals surface area contributed by atoms with Crippen LogP contribution in [0, 0.1) is 6.92 Å². The Kier molecular flexibility index (Phi) is 2.60. The first-order valence-electron chi connectivity index (χ1n) is 5.42. The van der Waals surface area contributed by atoms with E-state index in [9.17, 15) is 0 Å². The molecule has 0 saturated heterocycles. The number of H-pyrrole nitrogens is 1. The first-order valence-corrected chi connectivity index (χ1v) is 5.80. The summed E-state index contributed by atoms with van der Waals surface area (Å²) in [7, 11) is 0. The second kappa shape index (κ2) is 4.27. The van der Waals surface area contributed by atoms with Gasteiger partial charge in [0.05, 0.1) is 17.4 Å². The summed E-state index contributed by atoms with van der Waals surface area (Å²) in [6, 6.07) is 5.94. The Bertz CT molecular complexity index is 693. The molecule has 0 aliphatic carbocycles. The SMILES string of the molecule is Cc1ccc2nc(Cl)nc(Nc3cn[nH]c3)c2c1. The molecule has 0 amide bonds. The van der Waals surface area contributed by atoms with Crippen LogP contribution >= 0.6 is 11.6 Å². The normalized spacial score (nSPS) is 10.8. The van der Waals surface area contributed by atoms with Crippen molar-refractivity contribution in [2.24, 2.45) is 0 Å². The summed E-state index contributed by atoms with van der Waals surface area (Å²) in [5.74, 6) is 0.676. The number of anilines is 2. The van der Waals surface area contributed by atoms with E-state index >= 15 is 0 Å². The Balaban J connectivity index is 2.17. The molecule has 2 heterocycles. The molecule has 2 N–H and O–H groups in total. The van der Waals surface area contributed by atoms with Crippen molar-refractivity contribution < 1.29 is 0 Å². The quantitative estimate of drug-likeness (QED) is 0.694. The zero-order chi connectivity index (χ0) is 12.5. The molecule has 0 atom stereocenters. The number of fused-ring (bicyclic) bond motifs is 1. The van der Waals surface area contributed by atoms with E-state index in [1.54, 1.807) is 12.4 Å². The largest absolute Gasteiger partial charge is 0.337 e. The van der Waals surface area contributed by atoms with Crippen LogP contribution in [0.3, 0.4) is 0 Å². The van der Waals surface area contributed by atoms with Crippen LogP contribution in [0.2, 0.25) is 5.28 Å². The van der Waals surface area contributed by atoms with Gasteiger partial charge >= 0.3 is 0 Å². The highest BCUT2D eigenvalue weighted by Crippen LogP contribution is 2.25. The zero-order valence-corrected chi connectivity index (χ0v) is 10.4. The van der Waals surface area contributed by atoms with Crippen LogP contribution in [0.1, 0.15) is 5.56 Å². The molecular formula is C12H10ClN5. The molecular weight excluding hydrogens is 250 g/mol. The standard InChI is InChI=1S/C12H10ClN5/c1-7-2-3-10-9(4-7)11(18-12(13)17-10)16-8-5-14-15-6-8/h2-6H,1H3,(H,14,15)(H,16,17,18). The summed E-state index contributed by atoms with van der Waals surface area (Å²) in [4.78, 5) is 8.42. The molecule has 0 radical (unpaired) electrons. The van der Waals surface area contributed by atoms with Crippen molar-refractivity contribution in [1.82, 2.24) is 20.2 Å². The summed E-state index contributed by atoms with van der Waals surface area (Å²) in [6.45, 7) is 2.02. The number of hydrogen-bond donors (Lipinski definition) is 2. The Morgan fingerprint density at radius 2 is 2.17 bits per heavy atom. The Hall–Kier alpha value is -2.14. The lowest BCUT2D eigenvalue weighted by atomic mass is 10.1. The fourth-order valence-electron chi connectivity index (χ4n) is 1.77. The number of rotatable bonds is 2. The third-order valence-electron chi connectivity index (χ3n) is 2.58. The van der Waals surface area contributed by atoms with E-state index in [-0.39, 0.29) is 5.28 Å². The first kappa shape index (κ1) is 11.0. The topological polar surface area (TPSA) is 66.5 Å². The maximum atomic E-state index is 5.92. The minimum absolute atomic E-state index is 0.220. The Morgan fingerprint density at radius 1 is 1.28 bits per heavy atom. The van der Waals surface area contributed by atoms with Crippen LogP contribution in [0.25, 0.3) is 10.9 Å². The average Bonchev–Trinajstić information content (AvgIpc) is 2.83. The number of aromatic nitrogens is 4. The third-order valence-corrected chi connectivity index (χ3v) is 2.75. The molecule has 90 valence electrons. The molecule has 3 rings (SSSR count). The lowest BCUT2D eigenvalue weighted by Gasteiger charge is -2.07. The highest BCUT2D eigenvalue weighted by atomic mass is 35.5. The molecule has 0 fully saturated rings. The molecule has 5 nitrogen and oxygen atoms in total. The van der Waals surface area contributed by atoms with Gasteiger partial charge in [0, 0.05) is 11.6 Å². The number of nitrogens with one attached hydrogen (secondary N) is 2. The van der Waals surface area contributed by atoms with Gasteiger partial charge in [0.25, 0.3) is 0 Å². The van der Waals surface area contributed by atoms with E-state index in [0.29, 0.717) is 5.82 Å². The molecule has 1 aromatic carbocycles. The highest BCUT2D eigenvalue weighted by Gasteiger charge is 2.07. The van der Waals surface area contributed by atoms with Crippen molar-refractivity contribution in [3.63, 3.8) is 0 Å². The van der Waals surface area contributed by atoms with Crippen LogP contribution < -0.4 is 5.32 Å². The Morgan fingerprint density at radius 3 is 2.94 bits per heavy atom. The molecule has 0 unspecified atom stereocenters. The van der Waals surface area contributed by atoms with Crippen molar-refractivity contribution in [1.29, 1.82) is 0 Å². The minimum Gasteiger partial charge on any atom is -0.337 e. The fourth-order valence-corrected chi connectivity index (χ4v) is 1.94. The molecule has 0 saturated carbocycles. The smallest absolute Gasteiger partial charge is 0.224 e. The maximum Gasteiger partial charge on any atom is 0.224 e. The third kappa shape index (κ3) is 2.00. The van der Waals surface area contributed by atoms with Gasteiger partial charge in [-0.15, -0.1) is 0 Å². The van der Waals surface area contributed by atoms with Crippen LogP contribution in [-0.2, 0) is 0 Å². The van der Waals surface area contributed by atoms with Crippen LogP contribution in [0.15, 0.2) is 30.6 Å². The molecule has 18 heavy (non-hydrogen) atoms. The van der Waals surface area contributed by atoms with Gasteiger partial charge in [-0.25, -0.2) is 4.98 Å². The molecule has 0 aliphatic rings. The van der Waals surface area contributed by atoms with Gasteiger partial charge < -0.3 is 5.32 Å². The number of benzene rings is 1. The van der Waals surface area contributed by atoms with Gasteiger partial charge in [0.1, 0.15) is 5.82 Å². The average molecular weight is 260 g/mol. The van der Waals surface area contributed by atoms with E-state index in [2.05, 4.69) is 25.5 Å². The van der Waals surface area contributed by atoms with E-state index in [4.69, 9.17) is 11.6 Å². The summed E-state index contributed by atoms with van der Waals surface area (Å²) in [5, 5.41) is 10.9. The van der Waals surface area contributed by atoms with E-state index in [1.165, 1.54) is 0 Å². The summed E-state index contributed by atoms with van der Waals surface area (Å²) in [5.41, 5.74) is 2.78. The van der Waals surface area contributed by atoms with Crippen molar-refractivity contribution in [3.8, 4) is 0 Å². The summed E-state index contributed by atoms with van der Waals surface area (Å²) >= 11 is 5.92. The monoisotopic (exact) mass is 259 g/mol.